The summed E-state index contributed by atoms with van der Waals surface area (Å²) in [6, 6.07) is 1.80. The predicted octanol–water partition coefficient (Wildman–Crippen LogP) is 1.52. The lowest BCUT2D eigenvalue weighted by Gasteiger charge is -2.35. The van der Waals surface area contributed by atoms with E-state index >= 15 is 0 Å². The van der Waals surface area contributed by atoms with Gasteiger partial charge in [-0.1, -0.05) is 6.07 Å². The molecule has 1 unspecified atom stereocenters. The molecule has 1 atom stereocenters. The zero-order valence-electron chi connectivity index (χ0n) is 13.4. The number of hydrogen-bond acceptors (Lipinski definition) is 4. The van der Waals surface area contributed by atoms with Crippen molar-refractivity contribution in [1.82, 2.24) is 20.2 Å². The van der Waals surface area contributed by atoms with E-state index in [-0.39, 0.29) is 18.7 Å². The van der Waals surface area contributed by atoms with E-state index in [1.165, 1.54) is 24.4 Å². The predicted molar refractivity (Wildman–Crippen MR) is 82.6 cm³/mol. The SMILES string of the molecule is COC(=O)CNC(=O)N1CCc2[nH]cnc2C1c1ccc(F)cc1F. The van der Waals surface area contributed by atoms with Gasteiger partial charge in [-0.15, -0.1) is 0 Å². The number of nitrogens with zero attached hydrogens (tertiary/aromatic N) is 2. The quantitative estimate of drug-likeness (QED) is 0.822. The third-order valence-corrected chi connectivity index (χ3v) is 4.05. The minimum absolute atomic E-state index is 0.127. The van der Waals surface area contributed by atoms with Gasteiger partial charge < -0.3 is 19.9 Å². The first kappa shape index (κ1) is 16.9. The summed E-state index contributed by atoms with van der Waals surface area (Å²) in [5, 5.41) is 2.43. The number of benzene rings is 1. The van der Waals surface area contributed by atoms with Crippen LogP contribution in [0.3, 0.4) is 0 Å². The van der Waals surface area contributed by atoms with Crippen molar-refractivity contribution in [2.24, 2.45) is 0 Å². The number of rotatable bonds is 3. The van der Waals surface area contributed by atoms with Gasteiger partial charge in [0.15, 0.2) is 0 Å². The molecule has 2 aromatic rings. The molecule has 1 aromatic carbocycles. The Bertz CT molecular complexity index is 808. The Balaban J connectivity index is 1.94. The highest BCUT2D eigenvalue weighted by Gasteiger charge is 2.35. The second kappa shape index (κ2) is 6.88. The minimum Gasteiger partial charge on any atom is -0.468 e. The van der Waals surface area contributed by atoms with Crippen LogP contribution in [0.5, 0.6) is 0 Å². The van der Waals surface area contributed by atoms with Crippen molar-refractivity contribution in [2.75, 3.05) is 20.2 Å². The van der Waals surface area contributed by atoms with Gasteiger partial charge in [-0.2, -0.15) is 0 Å². The molecule has 0 saturated heterocycles. The maximum absolute atomic E-state index is 14.3. The van der Waals surface area contributed by atoms with E-state index in [1.54, 1.807) is 0 Å². The number of aromatic nitrogens is 2. The lowest BCUT2D eigenvalue weighted by molar-refractivity contribution is -0.139. The Morgan fingerprint density at radius 3 is 2.96 bits per heavy atom. The van der Waals surface area contributed by atoms with Crippen molar-refractivity contribution in [3.8, 4) is 0 Å². The number of imidazole rings is 1. The normalized spacial score (nSPS) is 16.3. The van der Waals surface area contributed by atoms with Gasteiger partial charge in [-0.25, -0.2) is 18.6 Å². The smallest absolute Gasteiger partial charge is 0.325 e. The zero-order chi connectivity index (χ0) is 18.0. The van der Waals surface area contributed by atoms with Crippen LogP contribution in [0.1, 0.15) is 23.0 Å². The number of fused-ring (bicyclic) bond motifs is 1. The molecule has 0 aliphatic carbocycles. The largest absolute Gasteiger partial charge is 0.468 e. The number of H-pyrrole nitrogens is 1. The molecule has 0 fully saturated rings. The molecule has 0 bridgehead atoms. The average Bonchev–Trinajstić information content (AvgIpc) is 3.07. The number of carbonyl (C=O) groups is 2. The maximum atomic E-state index is 14.3. The number of ether oxygens (including phenoxy) is 1. The fourth-order valence-electron chi connectivity index (χ4n) is 2.86. The summed E-state index contributed by atoms with van der Waals surface area (Å²) in [7, 11) is 1.21. The monoisotopic (exact) mass is 350 g/mol. The van der Waals surface area contributed by atoms with E-state index in [2.05, 4.69) is 20.0 Å². The minimum atomic E-state index is -0.826. The van der Waals surface area contributed by atoms with Gasteiger partial charge in [0, 0.05) is 30.3 Å². The molecule has 25 heavy (non-hydrogen) atoms. The van der Waals surface area contributed by atoms with E-state index < -0.39 is 29.7 Å². The Hall–Kier alpha value is -2.97. The highest BCUT2D eigenvalue weighted by molar-refractivity contribution is 5.81. The van der Waals surface area contributed by atoms with Gasteiger partial charge in [0.1, 0.15) is 24.2 Å². The van der Waals surface area contributed by atoms with Crippen LogP contribution in [0.4, 0.5) is 13.6 Å². The summed E-state index contributed by atoms with van der Waals surface area (Å²) in [4.78, 5) is 32.2. The number of amides is 2. The van der Waals surface area contributed by atoms with E-state index in [9.17, 15) is 18.4 Å². The van der Waals surface area contributed by atoms with Crippen LogP contribution >= 0.6 is 0 Å². The molecule has 1 aromatic heterocycles. The van der Waals surface area contributed by atoms with Gasteiger partial charge in [0.2, 0.25) is 0 Å². The topological polar surface area (TPSA) is 87.3 Å². The molecule has 132 valence electrons. The van der Waals surface area contributed by atoms with Crippen LogP contribution in [0.2, 0.25) is 0 Å². The number of nitrogens with one attached hydrogen (secondary N) is 2. The highest BCUT2D eigenvalue weighted by Crippen LogP contribution is 2.34. The van der Waals surface area contributed by atoms with Crippen LogP contribution in [-0.2, 0) is 16.0 Å². The van der Waals surface area contributed by atoms with Gasteiger partial charge in [0.05, 0.1) is 19.1 Å². The van der Waals surface area contributed by atoms with E-state index in [0.717, 1.165) is 17.8 Å². The number of carbonyl (C=O) groups excluding carboxylic acids is 2. The summed E-state index contributed by atoms with van der Waals surface area (Å²) in [5.74, 6) is -2.08. The number of hydrogen-bond donors (Lipinski definition) is 2. The summed E-state index contributed by atoms with van der Waals surface area (Å²) in [5.41, 5.74) is 1.40. The van der Waals surface area contributed by atoms with Crippen molar-refractivity contribution in [1.29, 1.82) is 0 Å². The summed E-state index contributed by atoms with van der Waals surface area (Å²) in [6.07, 6.45) is 1.97. The Morgan fingerprint density at radius 1 is 1.44 bits per heavy atom. The number of aromatic amines is 1. The lowest BCUT2D eigenvalue weighted by Crippen LogP contribution is -2.47. The van der Waals surface area contributed by atoms with E-state index in [4.69, 9.17) is 0 Å². The Kier molecular flexibility index (Phi) is 4.64. The van der Waals surface area contributed by atoms with Crippen molar-refractivity contribution in [2.45, 2.75) is 12.5 Å². The zero-order valence-corrected chi connectivity index (χ0v) is 13.4. The van der Waals surface area contributed by atoms with Crippen LogP contribution in [0.25, 0.3) is 0 Å². The van der Waals surface area contributed by atoms with Crippen LogP contribution < -0.4 is 5.32 Å². The number of esters is 1. The molecule has 0 saturated carbocycles. The third kappa shape index (κ3) is 3.30. The standard InChI is InChI=1S/C16H16F2N4O3/c1-25-13(23)7-19-16(24)22-5-4-12-14(21-8-20-12)15(22)10-3-2-9(17)6-11(10)18/h2-3,6,8,15H,4-5,7H2,1H3,(H,19,24)(H,20,21). The van der Waals surface area contributed by atoms with E-state index in [0.29, 0.717) is 12.1 Å². The second-order valence-electron chi connectivity index (χ2n) is 5.51. The highest BCUT2D eigenvalue weighted by atomic mass is 19.1. The first-order valence-electron chi connectivity index (χ1n) is 7.59. The molecule has 1 aliphatic rings. The summed E-state index contributed by atoms with van der Waals surface area (Å²) in [6.45, 7) is -0.0262. The molecule has 7 nitrogen and oxygen atoms in total. The van der Waals surface area contributed by atoms with E-state index in [1.807, 2.05) is 0 Å². The van der Waals surface area contributed by atoms with Crippen molar-refractivity contribution in [3.63, 3.8) is 0 Å². The lowest BCUT2D eigenvalue weighted by atomic mass is 9.95. The first-order valence-corrected chi connectivity index (χ1v) is 7.59. The maximum Gasteiger partial charge on any atom is 0.325 e. The Labute approximate surface area is 142 Å². The molecule has 2 N–H and O–H groups in total. The molecule has 0 spiro atoms. The number of urea groups is 1. The first-order chi connectivity index (χ1) is 12.0. The number of halogens is 2. The van der Waals surface area contributed by atoms with Crippen molar-refractivity contribution >= 4 is 12.0 Å². The Morgan fingerprint density at radius 2 is 2.24 bits per heavy atom. The molecular weight excluding hydrogens is 334 g/mol. The van der Waals surface area contributed by atoms with Crippen LogP contribution in [0.15, 0.2) is 24.5 Å². The third-order valence-electron chi connectivity index (χ3n) is 4.05. The molecule has 9 heteroatoms. The van der Waals surface area contributed by atoms with Gasteiger partial charge in [0.25, 0.3) is 0 Å². The molecule has 3 rings (SSSR count). The molecule has 2 heterocycles. The fraction of sp³-hybridized carbons (Fsp3) is 0.312. The summed E-state index contributed by atoms with van der Waals surface area (Å²) < 4.78 is 32.1. The average molecular weight is 350 g/mol. The molecule has 2 amide bonds. The van der Waals surface area contributed by atoms with Crippen LogP contribution in [-0.4, -0.2) is 47.1 Å². The molecular formula is C16H16F2N4O3. The number of methoxy groups -OCH3 is 1. The van der Waals surface area contributed by atoms with Gasteiger partial charge in [-0.3, -0.25) is 4.79 Å². The van der Waals surface area contributed by atoms with Crippen LogP contribution in [0, 0.1) is 11.6 Å². The summed E-state index contributed by atoms with van der Waals surface area (Å²) >= 11 is 0. The molecule has 1 aliphatic heterocycles. The van der Waals surface area contributed by atoms with Crippen molar-refractivity contribution < 1.29 is 23.1 Å². The van der Waals surface area contributed by atoms with Crippen molar-refractivity contribution in [3.05, 3.63) is 53.1 Å². The second-order valence-corrected chi connectivity index (χ2v) is 5.51. The molecule has 0 radical (unpaired) electrons. The fourth-order valence-corrected chi connectivity index (χ4v) is 2.86. The van der Waals surface area contributed by atoms with Gasteiger partial charge in [-0.05, 0) is 6.07 Å². The van der Waals surface area contributed by atoms with Gasteiger partial charge >= 0.3 is 12.0 Å².